The molecule has 0 aromatic heterocycles. The van der Waals surface area contributed by atoms with Crippen LogP contribution in [0.15, 0.2) is 24.3 Å². The zero-order valence-electron chi connectivity index (χ0n) is 8.37. The molecule has 2 heteroatoms. The van der Waals surface area contributed by atoms with E-state index in [9.17, 15) is 0 Å². The summed E-state index contributed by atoms with van der Waals surface area (Å²) >= 11 is 0. The van der Waals surface area contributed by atoms with E-state index in [0.717, 1.165) is 0 Å². The van der Waals surface area contributed by atoms with Crippen LogP contribution >= 0.6 is 0 Å². The van der Waals surface area contributed by atoms with E-state index in [0.29, 0.717) is 6.17 Å². The molecule has 1 N–H and O–H groups in total. The van der Waals surface area contributed by atoms with Crippen LogP contribution in [0.25, 0.3) is 0 Å². The van der Waals surface area contributed by atoms with Crippen LogP contribution in [0, 0.1) is 0 Å². The molecule has 0 aliphatic carbocycles. The van der Waals surface area contributed by atoms with Gasteiger partial charge in [-0.1, -0.05) is 18.2 Å². The van der Waals surface area contributed by atoms with Gasteiger partial charge in [0.15, 0.2) is 0 Å². The van der Waals surface area contributed by atoms with Crippen LogP contribution in [-0.2, 0) is 6.42 Å². The topological polar surface area (TPSA) is 15.3 Å². The fourth-order valence-corrected chi connectivity index (χ4v) is 2.55. The lowest BCUT2D eigenvalue weighted by molar-refractivity contribution is 0.272. The third-order valence-corrected chi connectivity index (χ3v) is 3.33. The molecule has 2 aliphatic rings. The third kappa shape index (κ3) is 1.30. The molecule has 0 amide bonds. The molecule has 0 spiro atoms. The fraction of sp³-hybridized carbons (Fsp3) is 0.500. The van der Waals surface area contributed by atoms with E-state index in [-0.39, 0.29) is 0 Å². The number of para-hydroxylation sites is 1. The van der Waals surface area contributed by atoms with Gasteiger partial charge in [-0.3, -0.25) is 4.90 Å². The number of nitrogens with zero attached hydrogens (tertiary/aromatic N) is 1. The molecule has 3 rings (SSSR count). The molecular formula is C12H16N2. The smallest absolute Gasteiger partial charge is 0.0835 e. The fourth-order valence-electron chi connectivity index (χ4n) is 2.55. The van der Waals surface area contributed by atoms with E-state index in [4.69, 9.17) is 0 Å². The Kier molecular flexibility index (Phi) is 1.95. The highest BCUT2D eigenvalue weighted by molar-refractivity contribution is 5.56. The molecule has 2 heterocycles. The highest BCUT2D eigenvalue weighted by Crippen LogP contribution is 2.28. The molecule has 2 aliphatic heterocycles. The van der Waals surface area contributed by atoms with E-state index in [2.05, 4.69) is 34.5 Å². The maximum Gasteiger partial charge on any atom is 0.0835 e. The van der Waals surface area contributed by atoms with Crippen molar-refractivity contribution in [3.8, 4) is 0 Å². The van der Waals surface area contributed by atoms with E-state index >= 15 is 0 Å². The van der Waals surface area contributed by atoms with Gasteiger partial charge in [0.1, 0.15) is 0 Å². The van der Waals surface area contributed by atoms with Crippen molar-refractivity contribution in [1.29, 1.82) is 0 Å². The SMILES string of the molecule is c1ccc2c(c1)CC(N1CCCC1)N2. The Morgan fingerprint density at radius 1 is 1.14 bits per heavy atom. The van der Waals surface area contributed by atoms with Gasteiger partial charge in [0.2, 0.25) is 0 Å². The summed E-state index contributed by atoms with van der Waals surface area (Å²) in [6.07, 6.45) is 4.48. The first kappa shape index (κ1) is 8.30. The quantitative estimate of drug-likeness (QED) is 0.726. The van der Waals surface area contributed by atoms with Crippen molar-refractivity contribution in [2.24, 2.45) is 0 Å². The number of rotatable bonds is 1. The van der Waals surface area contributed by atoms with Crippen molar-refractivity contribution in [1.82, 2.24) is 4.90 Å². The van der Waals surface area contributed by atoms with Gasteiger partial charge in [-0.05, 0) is 24.5 Å². The van der Waals surface area contributed by atoms with Crippen LogP contribution in [0.4, 0.5) is 5.69 Å². The zero-order chi connectivity index (χ0) is 9.38. The molecule has 1 fully saturated rings. The first-order valence-electron chi connectivity index (χ1n) is 5.52. The lowest BCUT2D eigenvalue weighted by Crippen LogP contribution is -2.37. The second-order valence-electron chi connectivity index (χ2n) is 4.26. The second-order valence-corrected chi connectivity index (χ2v) is 4.26. The summed E-state index contributed by atoms with van der Waals surface area (Å²) in [6, 6.07) is 8.66. The first-order chi connectivity index (χ1) is 6.93. The van der Waals surface area contributed by atoms with Gasteiger partial charge in [0.05, 0.1) is 6.17 Å². The Hall–Kier alpha value is -1.02. The molecule has 1 aromatic rings. The van der Waals surface area contributed by atoms with Gasteiger partial charge in [0, 0.05) is 25.2 Å². The van der Waals surface area contributed by atoms with Gasteiger partial charge >= 0.3 is 0 Å². The summed E-state index contributed by atoms with van der Waals surface area (Å²) in [5.41, 5.74) is 2.81. The number of hydrogen-bond donors (Lipinski definition) is 1. The molecule has 14 heavy (non-hydrogen) atoms. The molecule has 1 aromatic carbocycles. The predicted octanol–water partition coefficient (Wildman–Crippen LogP) is 2.08. The van der Waals surface area contributed by atoms with Gasteiger partial charge in [0.25, 0.3) is 0 Å². The lowest BCUT2D eigenvalue weighted by Gasteiger charge is -2.23. The molecule has 74 valence electrons. The van der Waals surface area contributed by atoms with Crippen LogP contribution in [0.1, 0.15) is 18.4 Å². The van der Waals surface area contributed by atoms with E-state index in [1.54, 1.807) is 0 Å². The van der Waals surface area contributed by atoms with Crippen molar-refractivity contribution in [3.63, 3.8) is 0 Å². The van der Waals surface area contributed by atoms with Crippen LogP contribution in [-0.4, -0.2) is 24.2 Å². The Balaban J connectivity index is 1.77. The van der Waals surface area contributed by atoms with E-state index < -0.39 is 0 Å². The van der Waals surface area contributed by atoms with Crippen LogP contribution in [0.3, 0.4) is 0 Å². The summed E-state index contributed by atoms with van der Waals surface area (Å²) < 4.78 is 0. The van der Waals surface area contributed by atoms with Gasteiger partial charge in [-0.2, -0.15) is 0 Å². The second kappa shape index (κ2) is 3.28. The monoisotopic (exact) mass is 188 g/mol. The van der Waals surface area contributed by atoms with Crippen LogP contribution in [0.2, 0.25) is 0 Å². The van der Waals surface area contributed by atoms with Crippen molar-refractivity contribution >= 4 is 5.69 Å². The molecule has 0 radical (unpaired) electrons. The number of benzene rings is 1. The van der Waals surface area contributed by atoms with Gasteiger partial charge < -0.3 is 5.32 Å². The number of nitrogens with one attached hydrogen (secondary N) is 1. The number of fused-ring (bicyclic) bond motifs is 1. The normalized spacial score (nSPS) is 26.1. The van der Waals surface area contributed by atoms with Crippen LogP contribution < -0.4 is 5.32 Å². The largest absolute Gasteiger partial charge is 0.369 e. The van der Waals surface area contributed by atoms with Crippen molar-refractivity contribution in [2.75, 3.05) is 18.4 Å². The van der Waals surface area contributed by atoms with Gasteiger partial charge in [-0.25, -0.2) is 0 Å². The standard InChI is InChI=1S/C12H16N2/c1-2-6-11-10(5-1)9-12(13-11)14-7-3-4-8-14/h1-2,5-6,12-13H,3-4,7-9H2. The maximum absolute atomic E-state index is 3.60. The molecule has 1 saturated heterocycles. The molecule has 0 saturated carbocycles. The zero-order valence-corrected chi connectivity index (χ0v) is 8.37. The summed E-state index contributed by atoms with van der Waals surface area (Å²) in [5, 5.41) is 3.60. The van der Waals surface area contributed by atoms with Crippen molar-refractivity contribution in [3.05, 3.63) is 29.8 Å². The molecule has 1 atom stereocenters. The average molecular weight is 188 g/mol. The van der Waals surface area contributed by atoms with E-state index in [1.165, 1.54) is 43.6 Å². The number of hydrogen-bond acceptors (Lipinski definition) is 2. The summed E-state index contributed by atoms with van der Waals surface area (Å²) in [4.78, 5) is 2.57. The minimum Gasteiger partial charge on any atom is -0.369 e. The molecular weight excluding hydrogens is 172 g/mol. The Labute approximate surface area is 84.9 Å². The number of anilines is 1. The maximum atomic E-state index is 3.60. The van der Waals surface area contributed by atoms with Crippen molar-refractivity contribution in [2.45, 2.75) is 25.4 Å². The highest BCUT2D eigenvalue weighted by Gasteiger charge is 2.27. The summed E-state index contributed by atoms with van der Waals surface area (Å²) in [5.74, 6) is 0. The Morgan fingerprint density at radius 3 is 2.71 bits per heavy atom. The average Bonchev–Trinajstić information content (AvgIpc) is 2.86. The first-order valence-corrected chi connectivity index (χ1v) is 5.52. The number of likely N-dealkylation sites (tertiary alicyclic amines) is 1. The summed E-state index contributed by atoms with van der Waals surface area (Å²) in [6.45, 7) is 2.54. The predicted molar refractivity (Wildman–Crippen MR) is 58.4 cm³/mol. The molecule has 0 bridgehead atoms. The lowest BCUT2D eigenvalue weighted by atomic mass is 10.1. The van der Waals surface area contributed by atoms with Crippen LogP contribution in [0.5, 0.6) is 0 Å². The highest BCUT2D eigenvalue weighted by atomic mass is 15.3. The third-order valence-electron chi connectivity index (χ3n) is 3.33. The molecule has 2 nitrogen and oxygen atoms in total. The van der Waals surface area contributed by atoms with E-state index in [1.807, 2.05) is 0 Å². The minimum atomic E-state index is 0.565. The van der Waals surface area contributed by atoms with Gasteiger partial charge in [-0.15, -0.1) is 0 Å². The summed E-state index contributed by atoms with van der Waals surface area (Å²) in [7, 11) is 0. The van der Waals surface area contributed by atoms with Crippen molar-refractivity contribution < 1.29 is 0 Å². The Morgan fingerprint density at radius 2 is 1.93 bits per heavy atom. The minimum absolute atomic E-state index is 0.565. The molecule has 1 unspecified atom stereocenters. The Bertz CT molecular complexity index is 304.